The molecule has 5 heterocycles. The number of fused-ring (bicyclic) bond motifs is 1. The minimum Gasteiger partial charge on any atom is -0.481 e. The molecule has 0 bridgehead atoms. The van der Waals surface area contributed by atoms with Crippen LogP contribution in [0.2, 0.25) is 0 Å². The number of hydrogen-bond donors (Lipinski definition) is 3. The van der Waals surface area contributed by atoms with Gasteiger partial charge in [-0.05, 0) is 63.6 Å². The van der Waals surface area contributed by atoms with E-state index in [2.05, 4.69) is 26.7 Å². The first kappa shape index (κ1) is 29.4. The van der Waals surface area contributed by atoms with Crippen molar-refractivity contribution >= 4 is 56.0 Å². The molecule has 3 aromatic heterocycles. The Labute approximate surface area is 257 Å². The number of carboxylic acid groups (broad SMARTS) is 1. The van der Waals surface area contributed by atoms with E-state index in [1.54, 1.807) is 18.3 Å². The monoisotopic (exact) mass is 621 g/mol. The molecule has 226 valence electrons. The standard InChI is InChI=1S/C30H35N7O4S2/c1-3-31-28(40)36-29-35-22-14-19(20-15-33-27(34-16-20)37-9-7-30(2,8-10-37)26(38)39)13-21(24(22)43-29)23-17-32-25(42-23)18-5-4-11-41-12-6-18/h13-18H,3-12H2,1-2H3,(H,38,39)(H2,31,35,36,40). The molecule has 0 radical (unpaired) electrons. The summed E-state index contributed by atoms with van der Waals surface area (Å²) in [7, 11) is 0. The van der Waals surface area contributed by atoms with Crippen LogP contribution in [-0.2, 0) is 9.53 Å². The molecule has 3 N–H and O–H groups in total. The van der Waals surface area contributed by atoms with Crippen LogP contribution in [-0.4, -0.2) is 69.9 Å². The summed E-state index contributed by atoms with van der Waals surface area (Å²) in [6, 6.07) is 3.84. The lowest BCUT2D eigenvalue weighted by Gasteiger charge is -2.36. The maximum Gasteiger partial charge on any atom is 0.321 e. The summed E-state index contributed by atoms with van der Waals surface area (Å²) in [6.45, 7) is 6.95. The fourth-order valence-corrected chi connectivity index (χ4v) is 7.68. The van der Waals surface area contributed by atoms with E-state index in [0.717, 1.165) is 69.3 Å². The molecule has 0 spiro atoms. The van der Waals surface area contributed by atoms with E-state index in [9.17, 15) is 14.7 Å². The lowest BCUT2D eigenvalue weighted by molar-refractivity contribution is -0.149. The Kier molecular flexibility index (Phi) is 8.55. The molecular formula is C30H35N7O4S2. The zero-order valence-electron chi connectivity index (χ0n) is 24.3. The molecule has 1 unspecified atom stereocenters. The third kappa shape index (κ3) is 6.34. The number of carbonyl (C=O) groups is 2. The van der Waals surface area contributed by atoms with Crippen LogP contribution in [0.4, 0.5) is 15.9 Å². The number of hydrogen-bond acceptors (Lipinski definition) is 10. The molecule has 2 aliphatic heterocycles. The van der Waals surface area contributed by atoms with Gasteiger partial charge in [0.2, 0.25) is 5.95 Å². The molecule has 2 saturated heterocycles. The number of amides is 2. The predicted molar refractivity (Wildman–Crippen MR) is 169 cm³/mol. The number of ether oxygens (including phenoxy) is 1. The zero-order chi connectivity index (χ0) is 30.0. The lowest BCUT2D eigenvalue weighted by atomic mass is 9.80. The van der Waals surface area contributed by atoms with Crippen LogP contribution < -0.4 is 15.5 Å². The van der Waals surface area contributed by atoms with Gasteiger partial charge in [-0.2, -0.15) is 0 Å². The minimum absolute atomic E-state index is 0.288. The molecule has 43 heavy (non-hydrogen) atoms. The van der Waals surface area contributed by atoms with Crippen LogP contribution in [0.15, 0.2) is 30.7 Å². The largest absolute Gasteiger partial charge is 0.481 e. The number of carboxylic acids is 1. The Hall–Kier alpha value is -3.68. The molecule has 2 amide bonds. The highest BCUT2D eigenvalue weighted by Crippen LogP contribution is 2.42. The van der Waals surface area contributed by atoms with E-state index in [1.807, 2.05) is 36.5 Å². The van der Waals surface area contributed by atoms with Crippen molar-refractivity contribution in [2.75, 3.05) is 43.1 Å². The van der Waals surface area contributed by atoms with Crippen molar-refractivity contribution < 1.29 is 19.4 Å². The average Bonchev–Trinajstić information content (AvgIpc) is 3.56. The van der Waals surface area contributed by atoms with E-state index < -0.39 is 11.4 Å². The second kappa shape index (κ2) is 12.5. The highest BCUT2D eigenvalue weighted by molar-refractivity contribution is 7.23. The van der Waals surface area contributed by atoms with Gasteiger partial charge in [-0.3, -0.25) is 10.1 Å². The third-order valence-electron chi connectivity index (χ3n) is 8.28. The van der Waals surface area contributed by atoms with Crippen molar-refractivity contribution in [3.05, 3.63) is 35.7 Å². The Morgan fingerprint density at radius 3 is 2.60 bits per heavy atom. The van der Waals surface area contributed by atoms with Crippen molar-refractivity contribution in [1.82, 2.24) is 25.3 Å². The summed E-state index contributed by atoms with van der Waals surface area (Å²) in [4.78, 5) is 45.9. The molecule has 11 nitrogen and oxygen atoms in total. The number of nitrogens with zero attached hydrogens (tertiary/aromatic N) is 5. The van der Waals surface area contributed by atoms with E-state index in [1.165, 1.54) is 11.3 Å². The van der Waals surface area contributed by atoms with Gasteiger partial charge < -0.3 is 20.1 Å². The first-order valence-corrected chi connectivity index (χ1v) is 16.3. The van der Waals surface area contributed by atoms with Gasteiger partial charge in [0.1, 0.15) is 0 Å². The second-order valence-electron chi connectivity index (χ2n) is 11.3. The van der Waals surface area contributed by atoms with Crippen LogP contribution in [0.5, 0.6) is 0 Å². The number of anilines is 2. The molecule has 1 atom stereocenters. The number of urea groups is 1. The molecule has 1 aromatic carbocycles. The highest BCUT2D eigenvalue weighted by atomic mass is 32.1. The Balaban J connectivity index is 1.32. The Morgan fingerprint density at radius 1 is 1.07 bits per heavy atom. The van der Waals surface area contributed by atoms with E-state index >= 15 is 0 Å². The molecular weight excluding hydrogens is 587 g/mol. The van der Waals surface area contributed by atoms with E-state index in [-0.39, 0.29) is 6.03 Å². The zero-order valence-corrected chi connectivity index (χ0v) is 25.9. The lowest BCUT2D eigenvalue weighted by Crippen LogP contribution is -2.43. The summed E-state index contributed by atoms with van der Waals surface area (Å²) in [6.07, 6.45) is 9.74. The number of thiazole rings is 2. The molecule has 0 saturated carbocycles. The first-order valence-electron chi connectivity index (χ1n) is 14.7. The van der Waals surface area contributed by atoms with Crippen LogP contribution in [0.3, 0.4) is 0 Å². The fraction of sp³-hybridized carbons (Fsp3) is 0.467. The first-order chi connectivity index (χ1) is 20.8. The molecule has 4 aromatic rings. The summed E-state index contributed by atoms with van der Waals surface area (Å²) in [5.74, 6) is 0.233. The topological polar surface area (TPSA) is 142 Å². The molecule has 13 heteroatoms. The Bertz CT molecular complexity index is 1600. The molecule has 0 aliphatic carbocycles. The van der Waals surface area contributed by atoms with Gasteiger partial charge in [-0.1, -0.05) is 11.3 Å². The van der Waals surface area contributed by atoms with Gasteiger partial charge in [0.05, 0.1) is 25.5 Å². The van der Waals surface area contributed by atoms with Gasteiger partial charge in [-0.25, -0.2) is 24.7 Å². The maximum absolute atomic E-state index is 12.2. The van der Waals surface area contributed by atoms with Crippen LogP contribution >= 0.6 is 22.7 Å². The van der Waals surface area contributed by atoms with E-state index in [4.69, 9.17) is 14.7 Å². The number of piperidine rings is 1. The number of benzene rings is 1. The average molecular weight is 622 g/mol. The smallest absolute Gasteiger partial charge is 0.321 e. The molecule has 2 fully saturated rings. The molecule has 6 rings (SSSR count). The van der Waals surface area contributed by atoms with Gasteiger partial charge in [0.25, 0.3) is 0 Å². The summed E-state index contributed by atoms with van der Waals surface area (Å²) < 4.78 is 6.64. The van der Waals surface area contributed by atoms with Crippen LogP contribution in [0.1, 0.15) is 56.9 Å². The number of aromatic nitrogens is 4. The number of rotatable bonds is 7. The van der Waals surface area contributed by atoms with Crippen molar-refractivity contribution in [3.8, 4) is 21.6 Å². The van der Waals surface area contributed by atoms with Gasteiger partial charge in [0, 0.05) is 68.5 Å². The number of nitrogens with one attached hydrogen (secondary N) is 2. The Morgan fingerprint density at radius 2 is 1.86 bits per heavy atom. The van der Waals surface area contributed by atoms with Crippen molar-refractivity contribution in [1.29, 1.82) is 0 Å². The van der Waals surface area contributed by atoms with Gasteiger partial charge >= 0.3 is 12.0 Å². The predicted octanol–water partition coefficient (Wildman–Crippen LogP) is 5.99. The normalized spacial score (nSPS) is 18.7. The maximum atomic E-state index is 12.2. The number of carbonyl (C=O) groups excluding carboxylic acids is 1. The van der Waals surface area contributed by atoms with Crippen molar-refractivity contribution in [3.63, 3.8) is 0 Å². The van der Waals surface area contributed by atoms with Crippen LogP contribution in [0, 0.1) is 5.41 Å². The summed E-state index contributed by atoms with van der Waals surface area (Å²) >= 11 is 3.15. The quantitative estimate of drug-likeness (QED) is 0.227. The fourth-order valence-electron chi connectivity index (χ4n) is 5.54. The van der Waals surface area contributed by atoms with E-state index in [0.29, 0.717) is 49.5 Å². The van der Waals surface area contributed by atoms with Gasteiger partial charge in [-0.15, -0.1) is 11.3 Å². The SMILES string of the molecule is CCNC(=O)Nc1nc2cc(-c3cnc(N4CCC(C)(C(=O)O)CC4)nc3)cc(-c3cnc(C4CCCOCC4)s3)c2s1. The van der Waals surface area contributed by atoms with Crippen LogP contribution in [0.25, 0.3) is 31.8 Å². The summed E-state index contributed by atoms with van der Waals surface area (Å²) in [5, 5.41) is 16.8. The molecule has 2 aliphatic rings. The summed E-state index contributed by atoms with van der Waals surface area (Å²) in [5.41, 5.74) is 2.84. The van der Waals surface area contributed by atoms with Gasteiger partial charge in [0.15, 0.2) is 5.13 Å². The highest BCUT2D eigenvalue weighted by Gasteiger charge is 2.37. The number of aliphatic carboxylic acids is 1. The second-order valence-corrected chi connectivity index (χ2v) is 13.4. The van der Waals surface area contributed by atoms with Crippen molar-refractivity contribution in [2.24, 2.45) is 5.41 Å². The van der Waals surface area contributed by atoms with Crippen molar-refractivity contribution in [2.45, 2.75) is 51.9 Å². The minimum atomic E-state index is -0.752. The third-order valence-corrected chi connectivity index (χ3v) is 10.5.